The van der Waals surface area contributed by atoms with Gasteiger partial charge in [-0.3, -0.25) is 0 Å². The maximum atomic E-state index is 5.87. The van der Waals surface area contributed by atoms with E-state index in [1.807, 2.05) is 13.0 Å². The highest BCUT2D eigenvalue weighted by molar-refractivity contribution is 14.1. The Morgan fingerprint density at radius 2 is 2.27 bits per heavy atom. The van der Waals surface area contributed by atoms with Crippen LogP contribution in [0.2, 0.25) is 5.02 Å². The van der Waals surface area contributed by atoms with Crippen LogP contribution in [0, 0.1) is 10.5 Å². The molecular weight excluding hydrogens is 276 g/mol. The van der Waals surface area contributed by atoms with Gasteiger partial charge in [-0.1, -0.05) is 11.6 Å². The van der Waals surface area contributed by atoms with Gasteiger partial charge in [0.05, 0.1) is 7.11 Å². The Labute approximate surface area is 84.1 Å². The number of aryl methyl sites for hydroxylation is 1. The van der Waals surface area contributed by atoms with E-state index >= 15 is 0 Å². The van der Waals surface area contributed by atoms with E-state index in [4.69, 9.17) is 16.3 Å². The Kier molecular flexibility index (Phi) is 2.95. The van der Waals surface area contributed by atoms with Crippen LogP contribution in [0.4, 0.5) is 0 Å². The molecule has 0 radical (unpaired) electrons. The maximum Gasteiger partial charge on any atom is 0.233 e. The number of rotatable bonds is 1. The zero-order valence-electron chi connectivity index (χ0n) is 6.19. The molecular formula is C7H7ClINO. The minimum atomic E-state index is 0.496. The summed E-state index contributed by atoms with van der Waals surface area (Å²) in [6.07, 6.45) is 0. The summed E-state index contributed by atoms with van der Waals surface area (Å²) in [6, 6.07) is 1.91. The van der Waals surface area contributed by atoms with Crippen LogP contribution < -0.4 is 4.74 Å². The maximum absolute atomic E-state index is 5.87. The molecule has 0 bridgehead atoms. The van der Waals surface area contributed by atoms with Crippen LogP contribution in [-0.2, 0) is 0 Å². The lowest BCUT2D eigenvalue weighted by atomic mass is 10.4. The van der Waals surface area contributed by atoms with Crippen LogP contribution in [0.25, 0.3) is 0 Å². The molecule has 60 valence electrons. The number of aromatic nitrogens is 1. The molecule has 1 aromatic rings. The molecule has 0 atom stereocenters. The molecule has 1 aromatic heterocycles. The number of nitrogens with zero attached hydrogens (tertiary/aromatic N) is 1. The topological polar surface area (TPSA) is 22.1 Å². The molecule has 0 amide bonds. The zero-order chi connectivity index (χ0) is 8.43. The van der Waals surface area contributed by atoms with Gasteiger partial charge < -0.3 is 4.74 Å². The molecule has 2 nitrogen and oxygen atoms in total. The van der Waals surface area contributed by atoms with Crippen LogP contribution in [0.15, 0.2) is 6.07 Å². The molecule has 0 aromatic carbocycles. The molecule has 0 saturated heterocycles. The quantitative estimate of drug-likeness (QED) is 0.739. The monoisotopic (exact) mass is 283 g/mol. The number of halogens is 2. The zero-order valence-corrected chi connectivity index (χ0v) is 9.10. The molecule has 4 heteroatoms. The van der Waals surface area contributed by atoms with Crippen LogP contribution in [0.3, 0.4) is 0 Å². The normalized spacial score (nSPS) is 9.82. The third kappa shape index (κ3) is 1.96. The highest BCUT2D eigenvalue weighted by Crippen LogP contribution is 2.27. The van der Waals surface area contributed by atoms with Gasteiger partial charge in [-0.15, -0.1) is 0 Å². The van der Waals surface area contributed by atoms with Crippen molar-refractivity contribution in [2.45, 2.75) is 6.92 Å². The Balaban J connectivity index is 3.24. The van der Waals surface area contributed by atoms with Crippen molar-refractivity contribution in [2.75, 3.05) is 7.11 Å². The average molecular weight is 283 g/mol. The van der Waals surface area contributed by atoms with E-state index in [9.17, 15) is 0 Å². The van der Waals surface area contributed by atoms with Crippen molar-refractivity contribution in [3.8, 4) is 5.88 Å². The summed E-state index contributed by atoms with van der Waals surface area (Å²) in [6.45, 7) is 1.90. The third-order valence-electron chi connectivity index (χ3n) is 1.20. The summed E-state index contributed by atoms with van der Waals surface area (Å²) >= 11 is 8.02. The van der Waals surface area contributed by atoms with Crippen molar-refractivity contribution in [3.05, 3.63) is 20.4 Å². The van der Waals surface area contributed by atoms with Crippen molar-refractivity contribution in [3.63, 3.8) is 0 Å². The Morgan fingerprint density at radius 3 is 2.82 bits per heavy atom. The second-order valence-electron chi connectivity index (χ2n) is 2.07. The van der Waals surface area contributed by atoms with Gasteiger partial charge in [-0.2, -0.15) is 0 Å². The second kappa shape index (κ2) is 3.58. The lowest BCUT2D eigenvalue weighted by Gasteiger charge is -2.03. The number of ether oxygens (including phenoxy) is 1. The van der Waals surface area contributed by atoms with Gasteiger partial charge in [0.1, 0.15) is 5.02 Å². The molecule has 11 heavy (non-hydrogen) atoms. The van der Waals surface area contributed by atoms with Crippen molar-refractivity contribution in [1.29, 1.82) is 0 Å². The van der Waals surface area contributed by atoms with Gasteiger partial charge in [0, 0.05) is 9.26 Å². The molecule has 0 aliphatic rings. The highest BCUT2D eigenvalue weighted by Gasteiger charge is 2.06. The first-order chi connectivity index (χ1) is 5.15. The summed E-state index contributed by atoms with van der Waals surface area (Å²) in [5.74, 6) is 0.496. The Morgan fingerprint density at radius 1 is 1.64 bits per heavy atom. The lowest BCUT2D eigenvalue weighted by Crippen LogP contribution is -1.92. The molecule has 0 saturated carbocycles. The Hall–Kier alpha value is -0.0300. The number of hydrogen-bond donors (Lipinski definition) is 0. The molecule has 1 heterocycles. The van der Waals surface area contributed by atoms with Gasteiger partial charge in [-0.25, -0.2) is 4.98 Å². The molecule has 0 spiro atoms. The largest absolute Gasteiger partial charge is 0.480 e. The highest BCUT2D eigenvalue weighted by atomic mass is 127. The molecule has 0 unspecified atom stereocenters. The number of pyridine rings is 1. The molecule has 0 aliphatic heterocycles. The van der Waals surface area contributed by atoms with Gasteiger partial charge in [0.15, 0.2) is 0 Å². The first-order valence-electron chi connectivity index (χ1n) is 3.01. The van der Waals surface area contributed by atoms with Crippen LogP contribution in [0.1, 0.15) is 5.69 Å². The Bertz CT molecular complexity index is 277. The predicted molar refractivity (Wildman–Crippen MR) is 53.3 cm³/mol. The average Bonchev–Trinajstić information content (AvgIpc) is 1.96. The molecule has 0 aliphatic carbocycles. The van der Waals surface area contributed by atoms with Crippen molar-refractivity contribution in [2.24, 2.45) is 0 Å². The van der Waals surface area contributed by atoms with Gasteiger partial charge in [-0.05, 0) is 35.6 Å². The first kappa shape index (κ1) is 9.06. The molecule has 0 fully saturated rings. The van der Waals surface area contributed by atoms with Gasteiger partial charge in [0.25, 0.3) is 0 Å². The van der Waals surface area contributed by atoms with Crippen LogP contribution >= 0.6 is 34.2 Å². The fourth-order valence-corrected chi connectivity index (χ4v) is 1.58. The smallest absolute Gasteiger partial charge is 0.233 e. The fourth-order valence-electron chi connectivity index (χ4n) is 0.726. The van der Waals surface area contributed by atoms with E-state index in [2.05, 4.69) is 27.6 Å². The van der Waals surface area contributed by atoms with Crippen LogP contribution in [0.5, 0.6) is 5.88 Å². The summed E-state index contributed by atoms with van der Waals surface area (Å²) in [4.78, 5) is 4.09. The molecule has 0 N–H and O–H groups in total. The van der Waals surface area contributed by atoms with Crippen molar-refractivity contribution >= 4 is 34.2 Å². The minimum Gasteiger partial charge on any atom is -0.480 e. The summed E-state index contributed by atoms with van der Waals surface area (Å²) in [5, 5.41) is 0.582. The van der Waals surface area contributed by atoms with E-state index in [0.29, 0.717) is 10.9 Å². The van der Waals surface area contributed by atoms with E-state index in [-0.39, 0.29) is 0 Å². The first-order valence-corrected chi connectivity index (χ1v) is 4.47. The SMILES string of the molecule is COc1nc(C)cc(I)c1Cl. The standard InChI is InChI=1S/C7H7ClINO/c1-4-3-5(9)6(8)7(10-4)11-2/h3H,1-2H3. The number of methoxy groups -OCH3 is 1. The minimum absolute atomic E-state index is 0.496. The molecule has 1 rings (SSSR count). The van der Waals surface area contributed by atoms with E-state index in [1.165, 1.54) is 0 Å². The van der Waals surface area contributed by atoms with E-state index in [0.717, 1.165) is 9.26 Å². The van der Waals surface area contributed by atoms with Gasteiger partial charge in [0.2, 0.25) is 5.88 Å². The fraction of sp³-hybridized carbons (Fsp3) is 0.286. The summed E-state index contributed by atoms with van der Waals surface area (Å²) < 4.78 is 5.93. The lowest BCUT2D eigenvalue weighted by molar-refractivity contribution is 0.397. The predicted octanol–water partition coefficient (Wildman–Crippen LogP) is 2.66. The van der Waals surface area contributed by atoms with Crippen molar-refractivity contribution < 1.29 is 4.74 Å². The van der Waals surface area contributed by atoms with E-state index < -0.39 is 0 Å². The third-order valence-corrected chi connectivity index (χ3v) is 2.74. The van der Waals surface area contributed by atoms with Crippen LogP contribution in [-0.4, -0.2) is 12.1 Å². The van der Waals surface area contributed by atoms with Crippen molar-refractivity contribution in [1.82, 2.24) is 4.98 Å². The number of hydrogen-bond acceptors (Lipinski definition) is 2. The van der Waals surface area contributed by atoms with Gasteiger partial charge >= 0.3 is 0 Å². The summed E-state index contributed by atoms with van der Waals surface area (Å²) in [7, 11) is 1.56. The van der Waals surface area contributed by atoms with E-state index in [1.54, 1.807) is 7.11 Å². The summed E-state index contributed by atoms with van der Waals surface area (Å²) in [5.41, 5.74) is 0.913. The second-order valence-corrected chi connectivity index (χ2v) is 3.61.